The van der Waals surface area contributed by atoms with Crippen LogP contribution in [0.1, 0.15) is 241 Å². The van der Waals surface area contributed by atoms with Crippen molar-refractivity contribution in [2.24, 2.45) is 47.3 Å². The molecule has 368 valence electrons. The molecule has 2 unspecified atom stereocenters. The molecule has 0 aromatic rings. The maximum atomic E-state index is 9.11. The minimum atomic E-state index is -0.507. The largest absolute Gasteiger partial charge is 0.396 e. The van der Waals surface area contributed by atoms with Gasteiger partial charge in [-0.3, -0.25) is 5.84 Å². The van der Waals surface area contributed by atoms with Crippen molar-refractivity contribution >= 4 is 0 Å². The van der Waals surface area contributed by atoms with Crippen LogP contribution < -0.4 is 5.84 Å². The number of hydrogen-bond acceptors (Lipinski definition) is 8. The van der Waals surface area contributed by atoms with Crippen molar-refractivity contribution in [3.8, 4) is 0 Å². The molecule has 0 heterocycles. The van der Waals surface area contributed by atoms with Gasteiger partial charge in [0.05, 0.1) is 24.9 Å². The third-order valence-electron chi connectivity index (χ3n) is 9.49. The first-order chi connectivity index (χ1) is 27.4. The lowest BCUT2D eigenvalue weighted by Gasteiger charge is -2.18. The van der Waals surface area contributed by atoms with Crippen molar-refractivity contribution in [1.29, 1.82) is 0 Å². The summed E-state index contributed by atoms with van der Waals surface area (Å²) in [5.74, 6) is 10.5. The molecule has 0 aliphatic carbocycles. The number of rotatable bonds is 26. The average Bonchev–Trinajstić information content (AvgIpc) is 3.17. The number of nitrogens with zero attached hydrogens (tertiary/aromatic N) is 1. The summed E-state index contributed by atoms with van der Waals surface area (Å²) in [4.78, 5) is 0. The molecule has 59 heavy (non-hydrogen) atoms. The fraction of sp³-hybridized carbons (Fsp3) is 1.00. The lowest BCUT2D eigenvalue weighted by Crippen LogP contribution is -2.37. The molecule has 0 amide bonds. The van der Waals surface area contributed by atoms with E-state index in [2.05, 4.69) is 118 Å². The number of aliphatic hydroxyl groups is 6. The Hall–Kier alpha value is -0.320. The normalized spacial score (nSPS) is 12.9. The van der Waals surface area contributed by atoms with Crippen LogP contribution in [0.2, 0.25) is 0 Å². The number of unbranched alkanes of at least 4 members (excludes halogenated alkanes) is 2. The predicted octanol–water partition coefficient (Wildman–Crippen LogP) is 12.8. The third kappa shape index (κ3) is 89.6. The van der Waals surface area contributed by atoms with E-state index in [-0.39, 0.29) is 18.8 Å². The third-order valence-corrected chi connectivity index (χ3v) is 9.49. The van der Waals surface area contributed by atoms with Gasteiger partial charge in [-0.05, 0) is 132 Å². The second kappa shape index (κ2) is 57.7. The van der Waals surface area contributed by atoms with E-state index in [9.17, 15) is 0 Å². The first-order valence-corrected chi connectivity index (χ1v) is 24.8. The van der Waals surface area contributed by atoms with Gasteiger partial charge in [0.25, 0.3) is 0 Å². The zero-order valence-electron chi connectivity index (χ0n) is 43.9. The molecule has 0 bridgehead atoms. The minimum Gasteiger partial charge on any atom is -0.396 e. The SMILES string of the molecule is CC(C)CCC(O)CO.CC(C)CCCO.CCC(CO)CC(C)C.CCCCCC(C)C.CCCN(N)C(C)C.CC[C@@H](O)CCC(C)C.CC[C@H](O)CCC(C)C. The molecule has 8 N–H and O–H groups in total. The van der Waals surface area contributed by atoms with Crippen LogP contribution in [0, 0.1) is 41.4 Å². The lowest BCUT2D eigenvalue weighted by atomic mass is 9.96. The molecular formula is C51H118N2O6. The van der Waals surface area contributed by atoms with Crippen LogP contribution in [-0.2, 0) is 0 Å². The first kappa shape index (κ1) is 73.1. The van der Waals surface area contributed by atoms with Crippen molar-refractivity contribution in [2.45, 2.75) is 265 Å². The topological polar surface area (TPSA) is 151 Å². The molecule has 0 radical (unpaired) electrons. The fourth-order valence-electron chi connectivity index (χ4n) is 4.93. The average molecular weight is 856 g/mol. The number of aliphatic hydroxyl groups excluding tert-OH is 6. The first-order valence-electron chi connectivity index (χ1n) is 24.8. The molecule has 0 rings (SSSR count). The molecule has 0 fully saturated rings. The Balaban J connectivity index is -0.000000107. The van der Waals surface area contributed by atoms with Crippen LogP contribution in [0.3, 0.4) is 0 Å². The Kier molecular flexibility index (Phi) is 71.5. The molecule has 8 heteroatoms. The molecule has 0 saturated carbocycles. The predicted molar refractivity (Wildman–Crippen MR) is 265 cm³/mol. The van der Waals surface area contributed by atoms with Gasteiger partial charge in [0.2, 0.25) is 0 Å². The van der Waals surface area contributed by atoms with E-state index < -0.39 is 6.10 Å². The van der Waals surface area contributed by atoms with Crippen LogP contribution >= 0.6 is 0 Å². The highest BCUT2D eigenvalue weighted by Gasteiger charge is 2.06. The van der Waals surface area contributed by atoms with Crippen LogP contribution in [0.5, 0.6) is 0 Å². The van der Waals surface area contributed by atoms with Crippen molar-refractivity contribution in [3.63, 3.8) is 0 Å². The maximum Gasteiger partial charge on any atom is 0.0771 e. The molecule has 0 aliphatic rings. The van der Waals surface area contributed by atoms with Gasteiger partial charge >= 0.3 is 0 Å². The van der Waals surface area contributed by atoms with Crippen molar-refractivity contribution in [2.75, 3.05) is 26.4 Å². The Morgan fingerprint density at radius 3 is 0.966 bits per heavy atom. The van der Waals surface area contributed by atoms with Gasteiger partial charge in [0.15, 0.2) is 0 Å². The second-order valence-corrected chi connectivity index (χ2v) is 19.4. The van der Waals surface area contributed by atoms with Crippen LogP contribution in [0.15, 0.2) is 0 Å². The molecule has 8 nitrogen and oxygen atoms in total. The molecule has 0 saturated heterocycles. The highest BCUT2D eigenvalue weighted by atomic mass is 16.3. The Bertz CT molecular complexity index is 644. The summed E-state index contributed by atoms with van der Waals surface area (Å²) in [6, 6.07) is 0.481. The van der Waals surface area contributed by atoms with E-state index in [1.54, 1.807) is 0 Å². The molecule has 0 spiro atoms. The molecule has 0 aliphatic heterocycles. The van der Waals surface area contributed by atoms with E-state index in [1.807, 2.05) is 18.9 Å². The van der Waals surface area contributed by atoms with Crippen LogP contribution in [-0.4, -0.2) is 86.4 Å². The monoisotopic (exact) mass is 855 g/mol. The van der Waals surface area contributed by atoms with E-state index in [0.29, 0.717) is 37.5 Å². The zero-order valence-corrected chi connectivity index (χ0v) is 43.9. The lowest BCUT2D eigenvalue weighted by molar-refractivity contribution is 0.0837. The van der Waals surface area contributed by atoms with Gasteiger partial charge in [-0.1, -0.05) is 150 Å². The van der Waals surface area contributed by atoms with Gasteiger partial charge in [-0.25, -0.2) is 5.01 Å². The number of hydrogen-bond donors (Lipinski definition) is 7. The fourth-order valence-corrected chi connectivity index (χ4v) is 4.93. The van der Waals surface area contributed by atoms with Gasteiger partial charge in [0.1, 0.15) is 0 Å². The smallest absolute Gasteiger partial charge is 0.0771 e. The van der Waals surface area contributed by atoms with Crippen molar-refractivity contribution < 1.29 is 30.6 Å². The summed E-state index contributed by atoms with van der Waals surface area (Å²) in [5, 5.41) is 54.4. The van der Waals surface area contributed by atoms with E-state index in [4.69, 9.17) is 36.5 Å². The maximum absolute atomic E-state index is 9.11. The number of nitrogens with two attached hydrogens (primary N) is 1. The second-order valence-electron chi connectivity index (χ2n) is 19.4. The number of hydrazine groups is 1. The van der Waals surface area contributed by atoms with E-state index >= 15 is 0 Å². The summed E-state index contributed by atoms with van der Waals surface area (Å²) in [6.45, 7) is 42.5. The molecule has 4 atom stereocenters. The van der Waals surface area contributed by atoms with E-state index in [1.165, 1.54) is 25.7 Å². The Morgan fingerprint density at radius 1 is 0.407 bits per heavy atom. The summed E-state index contributed by atoms with van der Waals surface area (Å²) in [6.07, 6.45) is 18.2. The van der Waals surface area contributed by atoms with E-state index in [0.717, 1.165) is 113 Å². The van der Waals surface area contributed by atoms with Crippen LogP contribution in [0.25, 0.3) is 0 Å². The highest BCUT2D eigenvalue weighted by molar-refractivity contribution is 4.58. The minimum absolute atomic E-state index is 0.0626. The summed E-state index contributed by atoms with van der Waals surface area (Å²) in [5.41, 5.74) is 0. The quantitative estimate of drug-likeness (QED) is 0.0258. The summed E-state index contributed by atoms with van der Waals surface area (Å²) >= 11 is 0. The van der Waals surface area contributed by atoms with Crippen molar-refractivity contribution in [3.05, 3.63) is 0 Å². The zero-order chi connectivity index (χ0) is 47.8. The van der Waals surface area contributed by atoms with Gasteiger partial charge < -0.3 is 30.6 Å². The molecule has 0 aromatic carbocycles. The van der Waals surface area contributed by atoms with Crippen LogP contribution in [0.4, 0.5) is 0 Å². The Labute approximate surface area is 373 Å². The molecule has 0 aromatic heterocycles. The van der Waals surface area contributed by atoms with Gasteiger partial charge in [0, 0.05) is 25.8 Å². The standard InChI is InChI=1S/3C8H18O.C8H18.C7H16O2.C6H16N2.C6H14O/c1-4-8(6-9)5-7(2)3;2*1-4-8(9)6-5-7(2)3;1-4-5-6-7-8(2)3;1-6(2)3-4-7(9)5-8;1-4-5-8(7)6(2)3;1-6(2)4-3-5-7/h3*7-9H,4-6H2,1-3H3;8H,4-7H2,1-3H3;6-9H,3-5H2,1-2H3;6H,4-5,7H2,1-3H3;6-7H,3-5H2,1-2H3/t;2*8-;;;;/m.10..../s1. The van der Waals surface area contributed by atoms with Gasteiger partial charge in [-0.2, -0.15) is 0 Å². The summed E-state index contributed by atoms with van der Waals surface area (Å²) < 4.78 is 0. The van der Waals surface area contributed by atoms with Crippen molar-refractivity contribution in [1.82, 2.24) is 5.01 Å². The van der Waals surface area contributed by atoms with Gasteiger partial charge in [-0.15, -0.1) is 0 Å². The Morgan fingerprint density at radius 2 is 0.780 bits per heavy atom. The summed E-state index contributed by atoms with van der Waals surface area (Å²) in [7, 11) is 0. The molecular weight excluding hydrogens is 737 g/mol. The highest BCUT2D eigenvalue weighted by Crippen LogP contribution is 2.14.